The molecule has 0 saturated carbocycles. The molecule has 1 unspecified atom stereocenters. The molecule has 1 aliphatic heterocycles. The van der Waals surface area contributed by atoms with Crippen molar-refractivity contribution >= 4 is 11.7 Å². The van der Waals surface area contributed by atoms with Gasteiger partial charge < -0.3 is 9.84 Å². The smallest absolute Gasteiger partial charge is 0.332 e. The Labute approximate surface area is 184 Å². The predicted octanol–water partition coefficient (Wildman–Crippen LogP) is 2.83. The van der Waals surface area contributed by atoms with Gasteiger partial charge in [0.05, 0.1) is 11.5 Å². The third kappa shape index (κ3) is 4.13. The summed E-state index contributed by atoms with van der Waals surface area (Å²) in [6.07, 6.45) is 0.634. The van der Waals surface area contributed by atoms with Gasteiger partial charge in [0.1, 0.15) is 17.4 Å². The van der Waals surface area contributed by atoms with Gasteiger partial charge in [-0.15, -0.1) is 0 Å². The Morgan fingerprint density at radius 1 is 1.09 bits per heavy atom. The standard InChI is InChI=1S/C24H24FN3O4/c1-15-4-10-18(11-5-15)32-22-19(14-16-6-8-17(25)9-7-16)20-21(26-22)27(2)24(31)28(23(20)30)12-3-13-29/h4-11,19,29H,3,12-14H2,1-2H3. The van der Waals surface area contributed by atoms with E-state index in [1.807, 2.05) is 31.2 Å². The minimum Gasteiger partial charge on any atom is -0.442 e. The highest BCUT2D eigenvalue weighted by Gasteiger charge is 2.35. The molecule has 0 radical (unpaired) electrons. The van der Waals surface area contributed by atoms with Crippen molar-refractivity contribution in [3.63, 3.8) is 0 Å². The predicted molar refractivity (Wildman–Crippen MR) is 119 cm³/mol. The number of hydrogen-bond donors (Lipinski definition) is 1. The quantitative estimate of drug-likeness (QED) is 0.643. The maximum absolute atomic E-state index is 13.4. The second kappa shape index (κ2) is 8.92. The summed E-state index contributed by atoms with van der Waals surface area (Å²) >= 11 is 0. The maximum Gasteiger partial charge on any atom is 0.332 e. The molecule has 0 amide bonds. The molecule has 7 nitrogen and oxygen atoms in total. The second-order valence-electron chi connectivity index (χ2n) is 7.86. The van der Waals surface area contributed by atoms with Crippen LogP contribution in [-0.4, -0.2) is 26.7 Å². The zero-order chi connectivity index (χ0) is 22.8. The first kappa shape index (κ1) is 21.7. The monoisotopic (exact) mass is 437 g/mol. The van der Waals surface area contributed by atoms with Crippen LogP contribution in [0.25, 0.3) is 0 Å². The number of aliphatic imine (C=N–C) groups is 1. The van der Waals surface area contributed by atoms with Crippen LogP contribution in [0.1, 0.15) is 29.0 Å². The molecule has 8 heteroatoms. The zero-order valence-corrected chi connectivity index (χ0v) is 17.9. The summed E-state index contributed by atoms with van der Waals surface area (Å²) in [6.45, 7) is 1.94. The number of rotatable bonds is 6. The minimum absolute atomic E-state index is 0.104. The number of ether oxygens (including phenoxy) is 1. The van der Waals surface area contributed by atoms with E-state index in [1.54, 1.807) is 19.2 Å². The van der Waals surface area contributed by atoms with Crippen LogP contribution in [0, 0.1) is 12.7 Å². The molecule has 32 heavy (non-hydrogen) atoms. The minimum atomic E-state index is -0.545. The zero-order valence-electron chi connectivity index (χ0n) is 17.9. The Morgan fingerprint density at radius 2 is 1.78 bits per heavy atom. The topological polar surface area (TPSA) is 85.8 Å². The van der Waals surface area contributed by atoms with Crippen LogP contribution < -0.4 is 16.0 Å². The molecule has 1 atom stereocenters. The molecule has 0 spiro atoms. The number of aryl methyl sites for hydroxylation is 1. The molecule has 3 aromatic rings. The summed E-state index contributed by atoms with van der Waals surface area (Å²) in [4.78, 5) is 30.6. The third-order valence-corrected chi connectivity index (χ3v) is 5.55. The average Bonchev–Trinajstić information content (AvgIpc) is 3.13. The first-order valence-electron chi connectivity index (χ1n) is 10.4. The van der Waals surface area contributed by atoms with Crippen LogP contribution in [0.2, 0.25) is 0 Å². The summed E-state index contributed by atoms with van der Waals surface area (Å²) in [6, 6.07) is 13.5. The fourth-order valence-corrected chi connectivity index (χ4v) is 3.82. The van der Waals surface area contributed by atoms with Crippen LogP contribution in [0.3, 0.4) is 0 Å². The van der Waals surface area contributed by atoms with Gasteiger partial charge in [-0.05, 0) is 49.6 Å². The molecule has 0 bridgehead atoms. The van der Waals surface area contributed by atoms with E-state index in [-0.39, 0.29) is 31.2 Å². The lowest BCUT2D eigenvalue weighted by atomic mass is 9.94. The van der Waals surface area contributed by atoms with Gasteiger partial charge in [-0.2, -0.15) is 4.99 Å². The Bertz CT molecular complexity index is 1270. The third-order valence-electron chi connectivity index (χ3n) is 5.55. The van der Waals surface area contributed by atoms with Crippen molar-refractivity contribution in [2.75, 3.05) is 6.61 Å². The van der Waals surface area contributed by atoms with Gasteiger partial charge in [0.2, 0.25) is 5.90 Å². The van der Waals surface area contributed by atoms with Crippen molar-refractivity contribution in [1.82, 2.24) is 9.13 Å². The Morgan fingerprint density at radius 3 is 2.44 bits per heavy atom. The van der Waals surface area contributed by atoms with E-state index in [4.69, 9.17) is 9.84 Å². The molecular weight excluding hydrogens is 413 g/mol. The van der Waals surface area contributed by atoms with Crippen LogP contribution >= 0.6 is 0 Å². The highest BCUT2D eigenvalue weighted by molar-refractivity contribution is 5.93. The number of benzene rings is 2. The molecule has 1 aromatic heterocycles. The van der Waals surface area contributed by atoms with Crippen LogP contribution in [-0.2, 0) is 20.0 Å². The number of halogens is 1. The largest absolute Gasteiger partial charge is 0.442 e. The van der Waals surface area contributed by atoms with E-state index in [9.17, 15) is 14.0 Å². The second-order valence-corrected chi connectivity index (χ2v) is 7.86. The van der Waals surface area contributed by atoms with E-state index in [1.165, 1.54) is 16.7 Å². The summed E-state index contributed by atoms with van der Waals surface area (Å²) < 4.78 is 21.9. The van der Waals surface area contributed by atoms with Gasteiger partial charge in [-0.25, -0.2) is 9.18 Å². The first-order valence-corrected chi connectivity index (χ1v) is 10.4. The molecule has 0 aliphatic carbocycles. The van der Waals surface area contributed by atoms with Crippen molar-refractivity contribution in [3.8, 4) is 5.75 Å². The van der Waals surface area contributed by atoms with Gasteiger partial charge in [-0.3, -0.25) is 13.9 Å². The summed E-state index contributed by atoms with van der Waals surface area (Å²) in [5.74, 6) is 0.238. The number of hydrogen-bond acceptors (Lipinski definition) is 5. The van der Waals surface area contributed by atoms with Crippen LogP contribution in [0.4, 0.5) is 10.2 Å². The summed E-state index contributed by atoms with van der Waals surface area (Å²) in [5, 5.41) is 9.17. The Hall–Kier alpha value is -3.52. The molecular formula is C24H24FN3O4. The molecule has 4 rings (SSSR count). The molecule has 2 aromatic carbocycles. The van der Waals surface area contributed by atoms with Crippen molar-refractivity contribution < 1.29 is 14.2 Å². The van der Waals surface area contributed by atoms with Gasteiger partial charge in [-0.1, -0.05) is 29.8 Å². The summed E-state index contributed by atoms with van der Waals surface area (Å²) in [7, 11) is 1.56. The Balaban J connectivity index is 1.81. The van der Waals surface area contributed by atoms with Gasteiger partial charge in [0.25, 0.3) is 5.56 Å². The van der Waals surface area contributed by atoms with E-state index < -0.39 is 17.2 Å². The number of aromatic nitrogens is 2. The van der Waals surface area contributed by atoms with Crippen LogP contribution in [0.15, 0.2) is 63.1 Å². The number of fused-ring (bicyclic) bond motifs is 1. The molecule has 2 heterocycles. The molecule has 166 valence electrons. The molecule has 1 aliphatic rings. The normalized spacial score (nSPS) is 14.9. The van der Waals surface area contributed by atoms with Crippen molar-refractivity contribution in [2.45, 2.75) is 32.2 Å². The fourth-order valence-electron chi connectivity index (χ4n) is 3.82. The average molecular weight is 437 g/mol. The van der Waals surface area contributed by atoms with E-state index in [0.717, 1.165) is 15.7 Å². The SMILES string of the molecule is Cc1ccc(OC2=Nc3c(c(=O)n(CCCO)c(=O)n3C)C2Cc2ccc(F)cc2)cc1. The van der Waals surface area contributed by atoms with E-state index in [2.05, 4.69) is 4.99 Å². The number of nitrogens with zero attached hydrogens (tertiary/aromatic N) is 3. The van der Waals surface area contributed by atoms with Gasteiger partial charge >= 0.3 is 5.69 Å². The highest BCUT2D eigenvalue weighted by Crippen LogP contribution is 2.35. The van der Waals surface area contributed by atoms with Crippen molar-refractivity contribution in [2.24, 2.45) is 12.0 Å². The Kier molecular flexibility index (Phi) is 6.05. The number of aliphatic hydroxyl groups excluding tert-OH is 1. The van der Waals surface area contributed by atoms with Crippen molar-refractivity contribution in [3.05, 3.63) is 91.9 Å². The van der Waals surface area contributed by atoms with Crippen LogP contribution in [0.5, 0.6) is 5.75 Å². The first-order chi connectivity index (χ1) is 15.4. The van der Waals surface area contributed by atoms with Gasteiger partial charge in [0, 0.05) is 20.2 Å². The molecule has 1 N–H and O–H groups in total. The van der Waals surface area contributed by atoms with Crippen molar-refractivity contribution in [1.29, 1.82) is 0 Å². The molecule has 0 saturated heterocycles. The molecule has 0 fully saturated rings. The maximum atomic E-state index is 13.4. The summed E-state index contributed by atoms with van der Waals surface area (Å²) in [5.41, 5.74) is 1.29. The van der Waals surface area contributed by atoms with Gasteiger partial charge in [0.15, 0.2) is 0 Å². The van der Waals surface area contributed by atoms with E-state index in [0.29, 0.717) is 23.6 Å². The van der Waals surface area contributed by atoms with E-state index >= 15 is 0 Å². The lowest BCUT2D eigenvalue weighted by Gasteiger charge is -2.16. The highest BCUT2D eigenvalue weighted by atomic mass is 19.1. The lowest BCUT2D eigenvalue weighted by molar-refractivity contribution is 0.277. The lowest BCUT2D eigenvalue weighted by Crippen LogP contribution is -2.41. The number of aliphatic hydroxyl groups is 1. The fraction of sp³-hybridized carbons (Fsp3) is 0.292.